The van der Waals surface area contributed by atoms with Gasteiger partial charge >= 0.3 is 18.1 Å². The summed E-state index contributed by atoms with van der Waals surface area (Å²) in [7, 11) is 0. The maximum Gasteiger partial charge on any atom is 0.495 e. The van der Waals surface area contributed by atoms with Gasteiger partial charge in [0.25, 0.3) is 0 Å². The maximum atomic E-state index is 12.5. The first kappa shape index (κ1) is 30.5. The monoisotopic (exact) mass is 610 g/mol. The number of aromatic nitrogens is 3. The lowest BCUT2D eigenvalue weighted by molar-refractivity contribution is -0.286. The highest BCUT2D eigenvalue weighted by molar-refractivity contribution is 5.77. The van der Waals surface area contributed by atoms with Crippen LogP contribution in [0.4, 0.5) is 19.0 Å². The number of nitrogens with zero attached hydrogens (tertiary/aromatic N) is 3. The lowest BCUT2D eigenvalue weighted by Gasteiger charge is -2.17. The number of hydrogen-bond donors (Lipinski definition) is 1. The molecule has 13 heteroatoms. The Morgan fingerprint density at radius 2 is 1.73 bits per heavy atom. The largest absolute Gasteiger partial charge is 0.495 e. The van der Waals surface area contributed by atoms with E-state index >= 15 is 0 Å². The molecule has 1 N–H and O–H groups in total. The van der Waals surface area contributed by atoms with Gasteiger partial charge in [-0.2, -0.15) is 13.2 Å². The zero-order valence-corrected chi connectivity index (χ0v) is 23.5. The fourth-order valence-electron chi connectivity index (χ4n) is 4.85. The zero-order chi connectivity index (χ0) is 30.9. The third-order valence-electron chi connectivity index (χ3n) is 7.05. The number of para-hydroxylation sites is 1. The second-order valence-corrected chi connectivity index (χ2v) is 10.3. The van der Waals surface area contributed by atoms with Crippen molar-refractivity contribution in [3.8, 4) is 11.5 Å². The zero-order valence-electron chi connectivity index (χ0n) is 23.5. The summed E-state index contributed by atoms with van der Waals surface area (Å²) in [5, 5.41) is 11.1. The first-order valence-corrected chi connectivity index (χ1v) is 14.1. The lowest BCUT2D eigenvalue weighted by atomic mass is 9.90. The number of fused-ring (bicyclic) bond motifs is 1. The molecule has 1 atom stereocenters. The fourth-order valence-corrected chi connectivity index (χ4v) is 4.85. The molecule has 0 saturated heterocycles. The van der Waals surface area contributed by atoms with Gasteiger partial charge < -0.3 is 14.6 Å². The number of carbonyl (C=O) groups excluding carboxylic acids is 2. The summed E-state index contributed by atoms with van der Waals surface area (Å²) in [6.45, 7) is 0.902. The minimum absolute atomic E-state index is 0.130. The van der Waals surface area contributed by atoms with E-state index in [2.05, 4.69) is 31.5 Å². The van der Waals surface area contributed by atoms with E-state index < -0.39 is 30.5 Å². The van der Waals surface area contributed by atoms with Gasteiger partial charge in [-0.3, -0.25) is 0 Å². The van der Waals surface area contributed by atoms with Crippen molar-refractivity contribution in [2.24, 2.45) is 0 Å². The van der Waals surface area contributed by atoms with Crippen molar-refractivity contribution in [3.63, 3.8) is 0 Å². The van der Waals surface area contributed by atoms with E-state index in [-0.39, 0.29) is 6.42 Å². The van der Waals surface area contributed by atoms with Gasteiger partial charge in [-0.25, -0.2) is 24.3 Å². The molecule has 4 aromatic rings. The van der Waals surface area contributed by atoms with Crippen LogP contribution in [0.2, 0.25) is 0 Å². The highest BCUT2D eigenvalue weighted by Crippen LogP contribution is 2.30. The first-order valence-electron chi connectivity index (χ1n) is 14.1. The average molecular weight is 611 g/mol. The maximum absolute atomic E-state index is 12.5. The van der Waals surface area contributed by atoms with Gasteiger partial charge in [0.2, 0.25) is 0 Å². The number of anilines is 1. The Hall–Kier alpha value is -4.94. The second kappa shape index (κ2) is 14.0. The van der Waals surface area contributed by atoms with Crippen molar-refractivity contribution in [2.45, 2.75) is 57.0 Å². The topological polar surface area (TPSA) is 126 Å². The number of halogens is 3. The second-order valence-electron chi connectivity index (χ2n) is 10.3. The molecule has 230 valence electrons. The summed E-state index contributed by atoms with van der Waals surface area (Å²) in [4.78, 5) is 36.0. The number of carbonyl (C=O) groups is 2. The first-order chi connectivity index (χ1) is 21.2. The summed E-state index contributed by atoms with van der Waals surface area (Å²) in [5.41, 5.74) is 3.38. The molecule has 1 aliphatic heterocycles. The summed E-state index contributed by atoms with van der Waals surface area (Å²) < 4.78 is 48.7. The number of aryl methyl sites for hydroxylation is 3. The van der Waals surface area contributed by atoms with Crippen molar-refractivity contribution >= 4 is 17.8 Å². The van der Waals surface area contributed by atoms with Crippen LogP contribution in [-0.4, -0.2) is 40.0 Å². The number of rotatable bonds is 11. The Kier molecular flexibility index (Phi) is 9.72. The van der Waals surface area contributed by atoms with E-state index in [1.165, 1.54) is 5.56 Å². The molecular weight excluding hydrogens is 581 g/mol. The number of nitrogens with one attached hydrogen (secondary N) is 1. The third kappa shape index (κ3) is 8.33. The Labute approximate surface area is 250 Å². The molecule has 2 aromatic carbocycles. The lowest BCUT2D eigenvalue weighted by Crippen LogP contribution is -2.27. The minimum atomic E-state index is -5.31. The predicted octanol–water partition coefficient (Wildman–Crippen LogP) is 6.07. The van der Waals surface area contributed by atoms with Crippen LogP contribution >= 0.6 is 0 Å². The summed E-state index contributed by atoms with van der Waals surface area (Å²) in [6, 6.07) is 20.1. The predicted molar refractivity (Wildman–Crippen MR) is 150 cm³/mol. The molecule has 0 fully saturated rings. The van der Waals surface area contributed by atoms with Crippen LogP contribution in [0, 0.1) is 0 Å². The number of alkyl halides is 3. The number of benzene rings is 2. The van der Waals surface area contributed by atoms with Crippen LogP contribution in [0.25, 0.3) is 0 Å². The molecule has 0 amide bonds. The number of ether oxygens (including phenoxy) is 1. The van der Waals surface area contributed by atoms with Gasteiger partial charge in [-0.15, -0.1) is 5.10 Å². The molecule has 10 nitrogen and oxygen atoms in total. The van der Waals surface area contributed by atoms with E-state index in [9.17, 15) is 22.8 Å². The molecule has 0 bridgehead atoms. The summed E-state index contributed by atoms with van der Waals surface area (Å²) in [5.74, 6) is -1.93. The van der Waals surface area contributed by atoms with Crippen LogP contribution in [0.3, 0.4) is 0 Å². The van der Waals surface area contributed by atoms with Crippen molar-refractivity contribution in [3.05, 3.63) is 95.0 Å². The van der Waals surface area contributed by atoms with Crippen LogP contribution in [0.5, 0.6) is 11.5 Å². The van der Waals surface area contributed by atoms with Crippen LogP contribution in [0.15, 0.2) is 71.3 Å². The Morgan fingerprint density at radius 1 is 0.955 bits per heavy atom. The SMILES string of the molecule is O=C(CC(Cc1onnc1CCCc1ccc2c(n1)NCCC2)c1ccc(Oc2ccccc2)cc1)OOC(=O)C(F)(F)F. The molecule has 0 aliphatic carbocycles. The number of hydrogen-bond acceptors (Lipinski definition) is 10. The molecule has 1 unspecified atom stereocenters. The Bertz CT molecular complexity index is 1560. The molecule has 44 heavy (non-hydrogen) atoms. The number of pyridine rings is 1. The molecule has 5 rings (SSSR count). The van der Waals surface area contributed by atoms with Crippen molar-refractivity contribution in [2.75, 3.05) is 11.9 Å². The van der Waals surface area contributed by atoms with Gasteiger partial charge in [-0.05, 0) is 73.6 Å². The van der Waals surface area contributed by atoms with Gasteiger partial charge in [0, 0.05) is 29.8 Å². The molecular formula is C31H29F3N4O6. The summed E-state index contributed by atoms with van der Waals surface area (Å²) >= 11 is 0. The van der Waals surface area contributed by atoms with Crippen LogP contribution in [-0.2, 0) is 45.0 Å². The Balaban J connectivity index is 1.26. The molecule has 0 spiro atoms. The molecule has 2 aromatic heterocycles. The molecule has 3 heterocycles. The van der Waals surface area contributed by atoms with Crippen molar-refractivity contribution in [1.82, 2.24) is 15.4 Å². The normalized spacial score (nSPS) is 13.3. The van der Waals surface area contributed by atoms with E-state index in [4.69, 9.17) is 14.2 Å². The molecule has 0 saturated carbocycles. The molecule has 1 aliphatic rings. The third-order valence-corrected chi connectivity index (χ3v) is 7.05. The van der Waals surface area contributed by atoms with Crippen molar-refractivity contribution < 1.29 is 41.8 Å². The van der Waals surface area contributed by atoms with E-state index in [1.54, 1.807) is 36.4 Å². The quantitative estimate of drug-likeness (QED) is 0.158. The minimum Gasteiger partial charge on any atom is -0.457 e. The van der Waals surface area contributed by atoms with Crippen LogP contribution < -0.4 is 10.1 Å². The summed E-state index contributed by atoms with van der Waals surface area (Å²) in [6.07, 6.45) is -1.58. The van der Waals surface area contributed by atoms with Gasteiger partial charge in [0.15, 0.2) is 5.76 Å². The van der Waals surface area contributed by atoms with Crippen LogP contribution in [0.1, 0.15) is 53.5 Å². The van der Waals surface area contributed by atoms with E-state index in [0.29, 0.717) is 47.8 Å². The standard InChI is InChI=1S/C31H29F3N4O6/c32-31(33,34)30(40)44-43-28(39)19-22(20-12-15-25(16-13-20)41-24-8-2-1-3-9-24)18-27-26(37-38-42-27)10-4-7-23-14-11-21-6-5-17-35-29(21)36-23/h1-3,8-9,11-16,22H,4-7,10,17-19H2,(H,35,36). The molecule has 0 radical (unpaired) electrons. The smallest absolute Gasteiger partial charge is 0.457 e. The average Bonchev–Trinajstić information content (AvgIpc) is 3.46. The van der Waals surface area contributed by atoms with Gasteiger partial charge in [0.1, 0.15) is 23.0 Å². The fraction of sp³-hybridized carbons (Fsp3) is 0.323. The van der Waals surface area contributed by atoms with Gasteiger partial charge in [-0.1, -0.05) is 36.4 Å². The van der Waals surface area contributed by atoms with E-state index in [1.807, 2.05) is 24.3 Å². The highest BCUT2D eigenvalue weighted by Gasteiger charge is 2.43. The van der Waals surface area contributed by atoms with E-state index in [0.717, 1.165) is 30.9 Å². The highest BCUT2D eigenvalue weighted by atomic mass is 19.4. The Morgan fingerprint density at radius 3 is 2.50 bits per heavy atom. The van der Waals surface area contributed by atoms with Crippen molar-refractivity contribution in [1.29, 1.82) is 0 Å². The van der Waals surface area contributed by atoms with Gasteiger partial charge in [0.05, 0.1) is 6.42 Å².